The lowest BCUT2D eigenvalue weighted by Gasteiger charge is -2.13. The predicted molar refractivity (Wildman–Crippen MR) is 210 cm³/mol. The standard InChI is InChI=1S/C30H18O10.C10H15N5O3/c31-15-4-1-13(2-5-15)23-11-22(37)29-26(39-23)12-20(35)27(30(29)38)17-7-14(3-6-18(17)33)24-10-21(36)28-19(34)8-16(32)9-25(28)40-24;11-10-13-8-7(9(18)14-10)12-5-15(8)2-1-6(3-16)4-17/h1-12,31-35,38H;5-6,16-17H,1-4H2,(H3,11,13,14,18). The van der Waals surface area contributed by atoms with Crippen molar-refractivity contribution in [2.45, 2.75) is 13.0 Å². The number of H-pyrrole nitrogens is 1. The van der Waals surface area contributed by atoms with Gasteiger partial charge >= 0.3 is 0 Å². The number of rotatable bonds is 8. The number of hydrogen-bond acceptors (Lipinski definition) is 16. The zero-order chi connectivity index (χ0) is 41.4. The first-order chi connectivity index (χ1) is 27.8. The molecule has 0 fully saturated rings. The summed E-state index contributed by atoms with van der Waals surface area (Å²) in [6.45, 7) is 0.330. The number of fused-ring (bicyclic) bond motifs is 3. The third-order valence-electron chi connectivity index (χ3n) is 9.26. The number of hydrogen-bond donors (Lipinski definition) is 10. The number of nitrogens with zero attached hydrogens (tertiary/aromatic N) is 3. The number of aromatic nitrogens is 4. The van der Waals surface area contributed by atoms with Crippen LogP contribution in [0.2, 0.25) is 0 Å². The van der Waals surface area contributed by atoms with Crippen LogP contribution in [-0.2, 0) is 6.54 Å². The van der Waals surface area contributed by atoms with Gasteiger partial charge in [-0.3, -0.25) is 19.4 Å². The summed E-state index contributed by atoms with van der Waals surface area (Å²) in [5.74, 6) is -2.31. The first-order valence-corrected chi connectivity index (χ1v) is 17.3. The Balaban J connectivity index is 0.000000238. The summed E-state index contributed by atoms with van der Waals surface area (Å²) in [6, 6.07) is 15.4. The van der Waals surface area contributed by atoms with Crippen molar-refractivity contribution >= 4 is 39.1 Å². The van der Waals surface area contributed by atoms with Crippen LogP contribution in [0, 0.1) is 5.92 Å². The predicted octanol–water partition coefficient (Wildman–Crippen LogP) is 3.83. The highest BCUT2D eigenvalue weighted by atomic mass is 16.3. The molecule has 0 aliphatic heterocycles. The lowest BCUT2D eigenvalue weighted by atomic mass is 9.97. The van der Waals surface area contributed by atoms with E-state index in [4.69, 9.17) is 24.8 Å². The van der Waals surface area contributed by atoms with Gasteiger partial charge in [-0.05, 0) is 48.9 Å². The number of aryl methyl sites for hydroxylation is 1. The second-order valence-electron chi connectivity index (χ2n) is 13.1. The summed E-state index contributed by atoms with van der Waals surface area (Å²) in [5.41, 5.74) is 4.66. The maximum Gasteiger partial charge on any atom is 0.280 e. The highest BCUT2D eigenvalue weighted by Crippen LogP contribution is 2.46. The van der Waals surface area contributed by atoms with Crippen LogP contribution in [0.15, 0.2) is 102 Å². The van der Waals surface area contributed by atoms with Gasteiger partial charge in [-0.1, -0.05) is 0 Å². The van der Waals surface area contributed by atoms with Gasteiger partial charge in [0, 0.05) is 72.7 Å². The fourth-order valence-corrected chi connectivity index (χ4v) is 6.30. The van der Waals surface area contributed by atoms with E-state index in [1.165, 1.54) is 48.8 Å². The van der Waals surface area contributed by atoms with E-state index in [0.29, 0.717) is 24.2 Å². The summed E-state index contributed by atoms with van der Waals surface area (Å²) >= 11 is 0. The largest absolute Gasteiger partial charge is 0.508 e. The molecule has 296 valence electrons. The quantitative estimate of drug-likeness (QED) is 0.105. The Morgan fingerprint density at radius 1 is 0.707 bits per heavy atom. The number of aliphatic hydroxyl groups is 2. The zero-order valence-corrected chi connectivity index (χ0v) is 29.9. The molecule has 0 atom stereocenters. The first-order valence-electron chi connectivity index (χ1n) is 17.3. The molecule has 8 aromatic rings. The van der Waals surface area contributed by atoms with E-state index in [9.17, 15) is 45.0 Å². The van der Waals surface area contributed by atoms with Crippen molar-refractivity contribution in [3.05, 3.63) is 110 Å². The van der Waals surface area contributed by atoms with Gasteiger partial charge in [0.05, 0.1) is 11.9 Å². The number of benzene rings is 4. The number of aromatic hydroxyl groups is 6. The molecule has 0 unspecified atom stereocenters. The molecule has 58 heavy (non-hydrogen) atoms. The minimum absolute atomic E-state index is 0.00146. The summed E-state index contributed by atoms with van der Waals surface area (Å²) in [5, 5.41) is 79.5. The lowest BCUT2D eigenvalue weighted by Crippen LogP contribution is -2.15. The summed E-state index contributed by atoms with van der Waals surface area (Å²) in [7, 11) is 0. The zero-order valence-electron chi connectivity index (χ0n) is 29.9. The van der Waals surface area contributed by atoms with Crippen molar-refractivity contribution in [3.8, 4) is 68.3 Å². The average Bonchev–Trinajstić information content (AvgIpc) is 3.58. The molecule has 11 N–H and O–H groups in total. The molecule has 0 aliphatic rings. The molecule has 4 heterocycles. The molecule has 18 heteroatoms. The van der Waals surface area contributed by atoms with Gasteiger partial charge in [0.1, 0.15) is 68.0 Å². The van der Waals surface area contributed by atoms with Gasteiger partial charge in [0.25, 0.3) is 5.56 Å². The van der Waals surface area contributed by atoms with Gasteiger partial charge < -0.3 is 60.0 Å². The Bertz CT molecular complexity index is 3040. The second kappa shape index (κ2) is 15.4. The maximum atomic E-state index is 13.0. The van der Waals surface area contributed by atoms with Crippen LogP contribution in [0.1, 0.15) is 6.42 Å². The van der Waals surface area contributed by atoms with Crippen molar-refractivity contribution in [2.75, 3.05) is 18.9 Å². The number of nitrogens with two attached hydrogens (primary N) is 1. The van der Waals surface area contributed by atoms with Gasteiger partial charge in [0.2, 0.25) is 5.95 Å². The van der Waals surface area contributed by atoms with Gasteiger partial charge in [-0.15, -0.1) is 0 Å². The van der Waals surface area contributed by atoms with Crippen LogP contribution in [0.5, 0.6) is 34.5 Å². The molecule has 0 spiro atoms. The molecule has 0 aliphatic carbocycles. The molecule has 0 amide bonds. The molecule has 8 rings (SSSR count). The number of phenolic OH excluding ortho intramolecular Hbond substituents is 6. The molecular formula is C40H33N5O13. The van der Waals surface area contributed by atoms with Crippen LogP contribution in [0.25, 0.3) is 66.9 Å². The fraction of sp³-hybridized carbons (Fsp3) is 0.125. The number of anilines is 1. The molecule has 4 aromatic heterocycles. The third kappa shape index (κ3) is 7.30. The lowest BCUT2D eigenvalue weighted by molar-refractivity contribution is 0.140. The van der Waals surface area contributed by atoms with Gasteiger partial charge in [0.15, 0.2) is 22.0 Å². The van der Waals surface area contributed by atoms with E-state index in [2.05, 4.69) is 15.0 Å². The molecule has 0 radical (unpaired) electrons. The number of phenols is 6. The van der Waals surface area contributed by atoms with Crippen molar-refractivity contribution in [3.63, 3.8) is 0 Å². The molecule has 18 nitrogen and oxygen atoms in total. The van der Waals surface area contributed by atoms with Gasteiger partial charge in [-0.25, -0.2) is 4.98 Å². The van der Waals surface area contributed by atoms with Crippen LogP contribution in [0.4, 0.5) is 5.95 Å². The SMILES string of the molecule is Nc1nc2c(ncn2CCC(CO)CO)c(=O)[nH]1.O=c1cc(-c2ccc(O)c(-c3c(O)cc4oc(-c5ccc(O)cc5)cc(=O)c4c3O)c2)oc2cc(O)cc(O)c12. The van der Waals surface area contributed by atoms with Crippen molar-refractivity contribution in [2.24, 2.45) is 5.92 Å². The fourth-order valence-electron chi connectivity index (χ4n) is 6.30. The van der Waals surface area contributed by atoms with Crippen LogP contribution in [-0.4, -0.2) is 73.6 Å². The highest BCUT2D eigenvalue weighted by molar-refractivity contribution is 5.97. The number of imidazole rings is 1. The number of nitrogens with one attached hydrogen (secondary N) is 1. The third-order valence-corrected chi connectivity index (χ3v) is 9.26. The first kappa shape index (κ1) is 38.4. The van der Waals surface area contributed by atoms with Crippen LogP contribution in [0.3, 0.4) is 0 Å². The average molecular weight is 792 g/mol. The minimum Gasteiger partial charge on any atom is -0.508 e. The molecular weight excluding hydrogens is 758 g/mol. The van der Waals surface area contributed by atoms with E-state index in [1.807, 2.05) is 0 Å². The second-order valence-corrected chi connectivity index (χ2v) is 13.1. The number of aromatic amines is 1. The Kier molecular flexibility index (Phi) is 10.2. The summed E-state index contributed by atoms with van der Waals surface area (Å²) in [6.07, 6.45) is 2.06. The smallest absolute Gasteiger partial charge is 0.280 e. The van der Waals surface area contributed by atoms with E-state index in [-0.39, 0.29) is 104 Å². The monoisotopic (exact) mass is 791 g/mol. The van der Waals surface area contributed by atoms with Crippen LogP contribution >= 0.6 is 0 Å². The van der Waals surface area contributed by atoms with E-state index < -0.39 is 28.1 Å². The Hall–Kier alpha value is -7.83. The minimum atomic E-state index is -0.650. The van der Waals surface area contributed by atoms with Crippen molar-refractivity contribution < 1.29 is 49.7 Å². The summed E-state index contributed by atoms with van der Waals surface area (Å²) in [4.78, 5) is 47.6. The Morgan fingerprint density at radius 3 is 2.03 bits per heavy atom. The molecule has 0 saturated heterocycles. The molecule has 0 saturated carbocycles. The van der Waals surface area contributed by atoms with Crippen molar-refractivity contribution in [1.29, 1.82) is 0 Å². The topological polar surface area (TPSA) is 312 Å². The van der Waals surface area contributed by atoms with E-state index in [0.717, 1.165) is 30.3 Å². The number of aliphatic hydroxyl groups excluding tert-OH is 2. The Morgan fingerprint density at radius 2 is 1.34 bits per heavy atom. The van der Waals surface area contributed by atoms with Gasteiger partial charge in [-0.2, -0.15) is 4.98 Å². The Labute approximate surface area is 323 Å². The maximum absolute atomic E-state index is 13.0. The normalized spacial score (nSPS) is 11.4. The summed E-state index contributed by atoms with van der Waals surface area (Å²) < 4.78 is 13.2. The van der Waals surface area contributed by atoms with Crippen molar-refractivity contribution in [1.82, 2.24) is 19.5 Å². The van der Waals surface area contributed by atoms with E-state index >= 15 is 0 Å². The highest BCUT2D eigenvalue weighted by Gasteiger charge is 2.23. The molecule has 4 aromatic carbocycles. The van der Waals surface area contributed by atoms with Crippen LogP contribution < -0.4 is 22.2 Å². The molecule has 0 bridgehead atoms. The van der Waals surface area contributed by atoms with E-state index in [1.54, 1.807) is 4.57 Å². The number of nitrogen functional groups attached to an aromatic ring is 1.